The first-order valence-electron chi connectivity index (χ1n) is 4.40. The Labute approximate surface area is 86.9 Å². The molecule has 0 atom stereocenters. The number of benzene rings is 1. The Balaban J connectivity index is 2.21. The molecule has 2 rings (SSSR count). The summed E-state index contributed by atoms with van der Waals surface area (Å²) in [5.74, 6) is -0.318. The van der Waals surface area contributed by atoms with E-state index in [0.29, 0.717) is 12.0 Å². The van der Waals surface area contributed by atoms with Crippen molar-refractivity contribution >= 4 is 17.8 Å². The monoisotopic (exact) mass is 209 g/mol. The molecule has 1 aromatic rings. The largest absolute Gasteiger partial charge is 0.269 e. The van der Waals surface area contributed by atoms with Crippen molar-refractivity contribution < 1.29 is 4.39 Å². The third-order valence-corrected chi connectivity index (χ3v) is 2.46. The lowest BCUT2D eigenvalue weighted by molar-refractivity contribution is 0.613. The minimum Gasteiger partial charge on any atom is -0.269 e. The molecule has 0 amide bonds. The van der Waals surface area contributed by atoms with Gasteiger partial charge in [0.05, 0.1) is 5.02 Å². The molecular formula is C11H9ClFN. The summed E-state index contributed by atoms with van der Waals surface area (Å²) in [5.41, 5.74) is 1.75. The highest BCUT2D eigenvalue weighted by Crippen LogP contribution is 2.22. The fourth-order valence-corrected chi connectivity index (χ4v) is 1.62. The Morgan fingerprint density at radius 1 is 1.43 bits per heavy atom. The number of nitrogens with zero attached hydrogens (tertiary/aromatic N) is 1. The molecule has 0 unspecified atom stereocenters. The van der Waals surface area contributed by atoms with Crippen LogP contribution in [0.15, 0.2) is 35.0 Å². The van der Waals surface area contributed by atoms with E-state index in [1.54, 1.807) is 24.4 Å². The molecule has 0 radical (unpaired) electrons. The summed E-state index contributed by atoms with van der Waals surface area (Å²) in [6.07, 6.45) is 5.00. The second-order valence-corrected chi connectivity index (χ2v) is 3.62. The van der Waals surface area contributed by atoms with E-state index in [1.807, 2.05) is 6.21 Å². The molecule has 0 N–H and O–H groups in total. The average Bonchev–Trinajstić information content (AvgIpc) is 2.66. The zero-order chi connectivity index (χ0) is 9.97. The van der Waals surface area contributed by atoms with Crippen LogP contribution in [-0.4, -0.2) is 6.21 Å². The lowest BCUT2D eigenvalue weighted by atomic mass is 10.0. The minimum absolute atomic E-state index is 0.182. The molecule has 3 heteroatoms. The smallest absolute Gasteiger partial charge is 0.145 e. The van der Waals surface area contributed by atoms with E-state index in [4.69, 9.17) is 11.6 Å². The van der Waals surface area contributed by atoms with Gasteiger partial charge in [0.2, 0.25) is 0 Å². The second kappa shape index (κ2) is 3.93. The number of hydrogen-bond donors (Lipinski definition) is 0. The van der Waals surface area contributed by atoms with Crippen LogP contribution in [0.2, 0.25) is 5.02 Å². The van der Waals surface area contributed by atoms with Crippen LogP contribution in [0.1, 0.15) is 12.0 Å². The number of halogens is 2. The van der Waals surface area contributed by atoms with Gasteiger partial charge >= 0.3 is 0 Å². The first-order chi connectivity index (χ1) is 6.77. The average molecular weight is 210 g/mol. The van der Waals surface area contributed by atoms with Crippen molar-refractivity contribution in [1.29, 1.82) is 0 Å². The van der Waals surface area contributed by atoms with Gasteiger partial charge in [0, 0.05) is 18.8 Å². The van der Waals surface area contributed by atoms with Crippen LogP contribution in [0.25, 0.3) is 0 Å². The fraction of sp³-hybridized carbons (Fsp3) is 0.182. The molecule has 0 aromatic heterocycles. The van der Waals surface area contributed by atoms with Gasteiger partial charge in [-0.05, 0) is 23.6 Å². The van der Waals surface area contributed by atoms with Crippen molar-refractivity contribution in [2.75, 3.05) is 0 Å². The van der Waals surface area contributed by atoms with Crippen molar-refractivity contribution in [3.8, 4) is 0 Å². The van der Waals surface area contributed by atoms with E-state index in [2.05, 4.69) is 4.99 Å². The summed E-state index contributed by atoms with van der Waals surface area (Å²) in [5, 5.41) is 0.182. The van der Waals surface area contributed by atoms with E-state index < -0.39 is 0 Å². The summed E-state index contributed by atoms with van der Waals surface area (Å²) in [7, 11) is 0. The van der Waals surface area contributed by atoms with Crippen molar-refractivity contribution in [3.63, 3.8) is 0 Å². The third-order valence-electron chi connectivity index (χ3n) is 2.17. The Morgan fingerprint density at radius 2 is 2.29 bits per heavy atom. The Bertz CT molecular complexity index is 410. The van der Waals surface area contributed by atoms with Gasteiger partial charge in [-0.2, -0.15) is 0 Å². The predicted octanol–water partition coefficient (Wildman–Crippen LogP) is 3.38. The molecule has 1 aliphatic rings. The zero-order valence-electron chi connectivity index (χ0n) is 7.50. The Hall–Kier alpha value is -1.15. The molecule has 1 aromatic carbocycles. The lowest BCUT2D eigenvalue weighted by Crippen LogP contribution is -1.93. The Kier molecular flexibility index (Phi) is 2.64. The maximum atomic E-state index is 13.5. The molecule has 14 heavy (non-hydrogen) atoms. The van der Waals surface area contributed by atoms with Crippen LogP contribution in [-0.2, 0) is 6.42 Å². The van der Waals surface area contributed by atoms with E-state index in [0.717, 1.165) is 12.0 Å². The molecule has 1 nitrogen and oxygen atoms in total. The van der Waals surface area contributed by atoms with Crippen molar-refractivity contribution in [2.45, 2.75) is 12.8 Å². The van der Waals surface area contributed by atoms with Crippen LogP contribution in [0.3, 0.4) is 0 Å². The first kappa shape index (κ1) is 9.41. The SMILES string of the molecule is Fc1c(Cl)cccc1CC1=CN=CC1. The number of hydrogen-bond acceptors (Lipinski definition) is 1. The number of aliphatic imine (C=N–C) groups is 1. The van der Waals surface area contributed by atoms with Crippen LogP contribution < -0.4 is 0 Å². The summed E-state index contributed by atoms with van der Waals surface area (Å²) in [6, 6.07) is 5.07. The predicted molar refractivity (Wildman–Crippen MR) is 56.3 cm³/mol. The standard InChI is InChI=1S/C11H9ClFN/c12-10-3-1-2-9(11(10)13)6-8-4-5-14-7-8/h1-3,5,7H,4,6H2. The second-order valence-electron chi connectivity index (χ2n) is 3.21. The highest BCUT2D eigenvalue weighted by atomic mass is 35.5. The zero-order valence-corrected chi connectivity index (χ0v) is 8.26. The van der Waals surface area contributed by atoms with Gasteiger partial charge < -0.3 is 0 Å². The van der Waals surface area contributed by atoms with Gasteiger partial charge in [0.25, 0.3) is 0 Å². The normalized spacial score (nSPS) is 14.6. The molecule has 0 bridgehead atoms. The van der Waals surface area contributed by atoms with E-state index in [9.17, 15) is 4.39 Å². The summed E-state index contributed by atoms with van der Waals surface area (Å²) < 4.78 is 13.5. The molecule has 1 aliphatic heterocycles. The molecule has 0 saturated carbocycles. The maximum Gasteiger partial charge on any atom is 0.145 e. The van der Waals surface area contributed by atoms with Gasteiger partial charge in [-0.3, -0.25) is 4.99 Å². The summed E-state index contributed by atoms with van der Waals surface area (Å²) in [4.78, 5) is 3.97. The van der Waals surface area contributed by atoms with Gasteiger partial charge in [-0.1, -0.05) is 23.7 Å². The van der Waals surface area contributed by atoms with Crippen molar-refractivity contribution in [2.24, 2.45) is 4.99 Å². The van der Waals surface area contributed by atoms with Crippen molar-refractivity contribution in [1.82, 2.24) is 0 Å². The molecule has 0 saturated heterocycles. The highest BCUT2D eigenvalue weighted by molar-refractivity contribution is 6.30. The maximum absolute atomic E-state index is 13.5. The van der Waals surface area contributed by atoms with Crippen LogP contribution in [0.5, 0.6) is 0 Å². The van der Waals surface area contributed by atoms with E-state index in [-0.39, 0.29) is 10.8 Å². The number of allylic oxidation sites excluding steroid dienone is 1. The van der Waals surface area contributed by atoms with Gasteiger partial charge in [-0.25, -0.2) is 4.39 Å². The highest BCUT2D eigenvalue weighted by Gasteiger charge is 2.09. The molecule has 0 aliphatic carbocycles. The molecule has 72 valence electrons. The first-order valence-corrected chi connectivity index (χ1v) is 4.77. The molecule has 1 heterocycles. The van der Waals surface area contributed by atoms with E-state index in [1.165, 1.54) is 0 Å². The topological polar surface area (TPSA) is 12.4 Å². The van der Waals surface area contributed by atoms with Crippen LogP contribution >= 0.6 is 11.6 Å². The number of rotatable bonds is 2. The van der Waals surface area contributed by atoms with Crippen LogP contribution in [0, 0.1) is 5.82 Å². The van der Waals surface area contributed by atoms with Crippen LogP contribution in [0.4, 0.5) is 4.39 Å². The Morgan fingerprint density at radius 3 is 3.00 bits per heavy atom. The summed E-state index contributed by atoms with van der Waals surface area (Å²) >= 11 is 5.67. The van der Waals surface area contributed by atoms with Crippen molar-refractivity contribution in [3.05, 3.63) is 46.4 Å². The van der Waals surface area contributed by atoms with E-state index >= 15 is 0 Å². The quantitative estimate of drug-likeness (QED) is 0.708. The molecule has 0 spiro atoms. The third kappa shape index (κ3) is 1.85. The summed E-state index contributed by atoms with van der Waals surface area (Å²) in [6.45, 7) is 0. The van der Waals surface area contributed by atoms with Gasteiger partial charge in [-0.15, -0.1) is 0 Å². The lowest BCUT2D eigenvalue weighted by Gasteiger charge is -2.04. The van der Waals surface area contributed by atoms with Gasteiger partial charge in [0.15, 0.2) is 0 Å². The molecular weight excluding hydrogens is 201 g/mol. The van der Waals surface area contributed by atoms with Gasteiger partial charge in [0.1, 0.15) is 5.82 Å². The fourth-order valence-electron chi connectivity index (χ4n) is 1.43. The molecule has 0 fully saturated rings. The minimum atomic E-state index is -0.318.